The number of nitrogens with zero attached hydrogens (tertiary/aromatic N) is 1. The first-order chi connectivity index (χ1) is 13.6. The SMILES string of the molecule is CC(=O)N[C@H](CC(=O)NCc1ccc(CN2CCOCC2)cc1)c1cccs1. The Bertz CT molecular complexity index is 756. The minimum Gasteiger partial charge on any atom is -0.379 e. The number of amides is 2. The molecule has 1 fully saturated rings. The number of hydrogen-bond acceptors (Lipinski definition) is 5. The Morgan fingerprint density at radius 2 is 1.86 bits per heavy atom. The fourth-order valence-corrected chi connectivity index (χ4v) is 3.97. The molecule has 1 aliphatic rings. The largest absolute Gasteiger partial charge is 0.379 e. The summed E-state index contributed by atoms with van der Waals surface area (Å²) in [6, 6.07) is 11.9. The first-order valence-electron chi connectivity index (χ1n) is 9.55. The summed E-state index contributed by atoms with van der Waals surface area (Å²) in [7, 11) is 0. The normalized spacial score (nSPS) is 15.8. The lowest BCUT2D eigenvalue weighted by molar-refractivity contribution is -0.122. The van der Waals surface area contributed by atoms with Crippen LogP contribution in [0.3, 0.4) is 0 Å². The van der Waals surface area contributed by atoms with E-state index in [0.29, 0.717) is 6.54 Å². The zero-order valence-corrected chi connectivity index (χ0v) is 17.0. The van der Waals surface area contributed by atoms with Crippen LogP contribution in [0.4, 0.5) is 0 Å². The molecule has 1 aromatic carbocycles. The molecule has 0 spiro atoms. The van der Waals surface area contributed by atoms with Crippen LogP contribution in [0.1, 0.15) is 35.4 Å². The lowest BCUT2D eigenvalue weighted by Crippen LogP contribution is -2.35. The number of carbonyl (C=O) groups excluding carboxylic acids is 2. The smallest absolute Gasteiger partial charge is 0.222 e. The van der Waals surface area contributed by atoms with Crippen LogP contribution in [0.15, 0.2) is 41.8 Å². The monoisotopic (exact) mass is 401 g/mol. The predicted molar refractivity (Wildman–Crippen MR) is 110 cm³/mol. The second kappa shape index (κ2) is 10.4. The van der Waals surface area contributed by atoms with Crippen LogP contribution < -0.4 is 10.6 Å². The molecule has 0 aliphatic carbocycles. The first-order valence-corrected chi connectivity index (χ1v) is 10.4. The minimum atomic E-state index is -0.284. The Morgan fingerprint density at radius 1 is 1.14 bits per heavy atom. The van der Waals surface area contributed by atoms with Crippen LogP contribution >= 0.6 is 11.3 Å². The number of hydrogen-bond donors (Lipinski definition) is 2. The summed E-state index contributed by atoms with van der Waals surface area (Å²) in [5.41, 5.74) is 2.33. The zero-order valence-electron chi connectivity index (χ0n) is 16.1. The van der Waals surface area contributed by atoms with E-state index in [1.165, 1.54) is 23.8 Å². The van der Waals surface area contributed by atoms with Crippen molar-refractivity contribution in [2.45, 2.75) is 32.5 Å². The van der Waals surface area contributed by atoms with E-state index in [0.717, 1.165) is 43.3 Å². The van der Waals surface area contributed by atoms with Gasteiger partial charge >= 0.3 is 0 Å². The Hall–Kier alpha value is -2.22. The number of thiophene rings is 1. The summed E-state index contributed by atoms with van der Waals surface area (Å²) < 4.78 is 5.38. The van der Waals surface area contributed by atoms with E-state index in [-0.39, 0.29) is 24.3 Å². The van der Waals surface area contributed by atoms with E-state index >= 15 is 0 Å². The molecule has 2 aromatic rings. The van der Waals surface area contributed by atoms with Gasteiger partial charge in [-0.1, -0.05) is 30.3 Å². The number of rotatable bonds is 8. The van der Waals surface area contributed by atoms with Crippen molar-refractivity contribution < 1.29 is 14.3 Å². The molecule has 1 aliphatic heterocycles. The van der Waals surface area contributed by atoms with Crippen LogP contribution in [0.2, 0.25) is 0 Å². The van der Waals surface area contributed by atoms with Gasteiger partial charge in [0.25, 0.3) is 0 Å². The quantitative estimate of drug-likeness (QED) is 0.713. The second-order valence-electron chi connectivity index (χ2n) is 6.95. The number of benzene rings is 1. The van der Waals surface area contributed by atoms with Gasteiger partial charge in [-0.25, -0.2) is 0 Å². The van der Waals surface area contributed by atoms with Crippen molar-refractivity contribution in [3.63, 3.8) is 0 Å². The highest BCUT2D eigenvalue weighted by atomic mass is 32.1. The number of carbonyl (C=O) groups is 2. The van der Waals surface area contributed by atoms with Crippen LogP contribution in [0.5, 0.6) is 0 Å². The Morgan fingerprint density at radius 3 is 2.50 bits per heavy atom. The van der Waals surface area contributed by atoms with Gasteiger partial charge in [0, 0.05) is 38.0 Å². The van der Waals surface area contributed by atoms with Gasteiger partial charge in [0.05, 0.1) is 25.7 Å². The van der Waals surface area contributed by atoms with Gasteiger partial charge in [-0.2, -0.15) is 0 Å². The summed E-state index contributed by atoms with van der Waals surface area (Å²) in [6.45, 7) is 6.42. The molecule has 2 amide bonds. The van der Waals surface area contributed by atoms with Crippen molar-refractivity contribution in [3.8, 4) is 0 Å². The number of ether oxygens (including phenoxy) is 1. The maximum absolute atomic E-state index is 12.4. The highest BCUT2D eigenvalue weighted by Gasteiger charge is 2.18. The third kappa shape index (κ3) is 6.44. The summed E-state index contributed by atoms with van der Waals surface area (Å²) in [6.07, 6.45) is 0.231. The molecule has 0 radical (unpaired) electrons. The summed E-state index contributed by atoms with van der Waals surface area (Å²) >= 11 is 1.54. The maximum Gasteiger partial charge on any atom is 0.222 e. The van der Waals surface area contributed by atoms with Crippen molar-refractivity contribution in [2.75, 3.05) is 26.3 Å². The molecule has 7 heteroatoms. The average molecular weight is 402 g/mol. The van der Waals surface area contributed by atoms with Gasteiger partial charge < -0.3 is 15.4 Å². The van der Waals surface area contributed by atoms with E-state index in [2.05, 4.69) is 39.8 Å². The van der Waals surface area contributed by atoms with Gasteiger partial charge in [-0.05, 0) is 22.6 Å². The van der Waals surface area contributed by atoms with Crippen LogP contribution in [0.25, 0.3) is 0 Å². The molecule has 28 heavy (non-hydrogen) atoms. The molecule has 1 atom stereocenters. The fraction of sp³-hybridized carbons (Fsp3) is 0.429. The van der Waals surface area contributed by atoms with Gasteiger partial charge in [0.1, 0.15) is 0 Å². The summed E-state index contributed by atoms with van der Waals surface area (Å²) in [4.78, 5) is 27.2. The highest BCUT2D eigenvalue weighted by Crippen LogP contribution is 2.22. The number of nitrogens with one attached hydrogen (secondary N) is 2. The molecule has 0 bridgehead atoms. The van der Waals surface area contributed by atoms with Gasteiger partial charge in [0.15, 0.2) is 0 Å². The standard InChI is InChI=1S/C21H27N3O3S/c1-16(25)23-19(20-3-2-12-28-20)13-21(26)22-14-17-4-6-18(7-5-17)15-24-8-10-27-11-9-24/h2-7,12,19H,8-11,13-15H2,1H3,(H,22,26)(H,23,25)/t19-/m1/s1. The van der Waals surface area contributed by atoms with E-state index in [9.17, 15) is 9.59 Å². The summed E-state index contributed by atoms with van der Waals surface area (Å²) in [5, 5.41) is 7.75. The Kier molecular flexibility index (Phi) is 7.59. The van der Waals surface area contributed by atoms with Gasteiger partial charge in [-0.15, -0.1) is 11.3 Å². The van der Waals surface area contributed by atoms with Crippen molar-refractivity contribution in [2.24, 2.45) is 0 Å². The maximum atomic E-state index is 12.4. The van der Waals surface area contributed by atoms with Gasteiger partial charge in [-0.3, -0.25) is 14.5 Å². The van der Waals surface area contributed by atoms with Crippen molar-refractivity contribution >= 4 is 23.2 Å². The molecule has 1 aromatic heterocycles. The minimum absolute atomic E-state index is 0.0791. The van der Waals surface area contributed by atoms with Gasteiger partial charge in [0.2, 0.25) is 11.8 Å². The topological polar surface area (TPSA) is 70.7 Å². The Labute approximate surface area is 169 Å². The molecule has 2 heterocycles. The third-order valence-corrected chi connectivity index (χ3v) is 5.66. The fourth-order valence-electron chi connectivity index (χ4n) is 3.20. The molecule has 0 saturated carbocycles. The molecule has 150 valence electrons. The highest BCUT2D eigenvalue weighted by molar-refractivity contribution is 7.10. The number of morpholine rings is 1. The van der Waals surface area contributed by atoms with E-state index in [4.69, 9.17) is 4.74 Å². The average Bonchev–Trinajstić information content (AvgIpc) is 3.22. The lowest BCUT2D eigenvalue weighted by atomic mass is 10.1. The lowest BCUT2D eigenvalue weighted by Gasteiger charge is -2.26. The van der Waals surface area contributed by atoms with Crippen LogP contribution in [0, 0.1) is 0 Å². The van der Waals surface area contributed by atoms with Crippen LogP contribution in [-0.2, 0) is 27.4 Å². The third-order valence-electron chi connectivity index (χ3n) is 4.68. The van der Waals surface area contributed by atoms with Crippen molar-refractivity contribution in [1.29, 1.82) is 0 Å². The molecule has 0 unspecified atom stereocenters. The zero-order chi connectivity index (χ0) is 19.8. The predicted octanol–water partition coefficient (Wildman–Crippen LogP) is 2.46. The van der Waals surface area contributed by atoms with E-state index in [1.807, 2.05) is 17.5 Å². The van der Waals surface area contributed by atoms with Crippen LogP contribution in [-0.4, -0.2) is 43.0 Å². The second-order valence-corrected chi connectivity index (χ2v) is 7.93. The summed E-state index contributed by atoms with van der Waals surface area (Å²) in [5.74, 6) is -0.216. The molecular formula is C21H27N3O3S. The van der Waals surface area contributed by atoms with E-state index in [1.54, 1.807) is 0 Å². The molecular weight excluding hydrogens is 374 g/mol. The molecule has 6 nitrogen and oxygen atoms in total. The molecule has 1 saturated heterocycles. The Balaban J connectivity index is 1.47. The molecule has 3 rings (SSSR count). The van der Waals surface area contributed by atoms with E-state index < -0.39 is 0 Å². The van der Waals surface area contributed by atoms with Crippen molar-refractivity contribution in [3.05, 3.63) is 57.8 Å². The van der Waals surface area contributed by atoms with Crippen molar-refractivity contribution in [1.82, 2.24) is 15.5 Å². The molecule has 2 N–H and O–H groups in total. The first kappa shape index (κ1) is 20.5.